The van der Waals surface area contributed by atoms with Gasteiger partial charge in [-0.3, -0.25) is 0 Å². The molecule has 0 aromatic rings. The van der Waals surface area contributed by atoms with Crippen molar-refractivity contribution >= 4 is 0 Å². The molecule has 5 fully saturated rings. The van der Waals surface area contributed by atoms with Crippen LogP contribution < -0.4 is 5.73 Å². The van der Waals surface area contributed by atoms with Crippen LogP contribution in [0.3, 0.4) is 0 Å². The van der Waals surface area contributed by atoms with Crippen molar-refractivity contribution in [1.82, 2.24) is 0 Å². The minimum Gasteiger partial charge on any atom is -0.325 e. The minimum atomic E-state index is 0.209. The summed E-state index contributed by atoms with van der Waals surface area (Å²) in [5, 5.41) is 0. The first-order valence-corrected chi connectivity index (χ1v) is 8.37. The predicted octanol–water partition coefficient (Wildman–Crippen LogP) is 4.11. The van der Waals surface area contributed by atoms with Crippen molar-refractivity contribution in [1.29, 1.82) is 0 Å². The summed E-state index contributed by atoms with van der Waals surface area (Å²) < 4.78 is 0. The van der Waals surface area contributed by atoms with Crippen LogP contribution in [0.5, 0.6) is 0 Å². The fourth-order valence-electron chi connectivity index (χ4n) is 6.79. The average molecular weight is 247 g/mol. The van der Waals surface area contributed by atoms with Crippen molar-refractivity contribution in [2.45, 2.75) is 76.7 Å². The van der Waals surface area contributed by atoms with Crippen LogP contribution >= 0.6 is 0 Å². The van der Waals surface area contributed by atoms with E-state index >= 15 is 0 Å². The maximum Gasteiger partial charge on any atom is 0.0214 e. The number of rotatable bonds is 1. The van der Waals surface area contributed by atoms with E-state index < -0.39 is 0 Å². The molecule has 5 rings (SSSR count). The zero-order valence-electron chi connectivity index (χ0n) is 12.0. The SMILES string of the molecule is CC1CCCC(N)(C23CC4CC(CC(C4)C2)C3)C1. The summed E-state index contributed by atoms with van der Waals surface area (Å²) in [5.74, 6) is 4.02. The maximum absolute atomic E-state index is 7.05. The van der Waals surface area contributed by atoms with Gasteiger partial charge in [-0.1, -0.05) is 19.8 Å². The Kier molecular flexibility index (Phi) is 2.45. The highest BCUT2D eigenvalue weighted by Crippen LogP contribution is 2.65. The Bertz CT molecular complexity index is 312. The van der Waals surface area contributed by atoms with Gasteiger partial charge in [0.1, 0.15) is 0 Å². The van der Waals surface area contributed by atoms with Crippen LogP contribution in [0.2, 0.25) is 0 Å². The lowest BCUT2D eigenvalue weighted by Crippen LogP contribution is -2.64. The van der Waals surface area contributed by atoms with Gasteiger partial charge in [-0.2, -0.15) is 0 Å². The van der Waals surface area contributed by atoms with Gasteiger partial charge in [0.25, 0.3) is 0 Å². The monoisotopic (exact) mass is 247 g/mol. The van der Waals surface area contributed by atoms with E-state index in [1.165, 1.54) is 44.9 Å². The largest absolute Gasteiger partial charge is 0.325 e. The molecule has 5 aliphatic carbocycles. The summed E-state index contributed by atoms with van der Waals surface area (Å²) >= 11 is 0. The molecule has 1 heteroatoms. The van der Waals surface area contributed by atoms with Crippen molar-refractivity contribution in [3.8, 4) is 0 Å². The van der Waals surface area contributed by atoms with Crippen LogP contribution in [0.1, 0.15) is 71.1 Å². The fourth-order valence-corrected chi connectivity index (χ4v) is 6.79. The molecule has 2 N–H and O–H groups in total. The summed E-state index contributed by atoms with van der Waals surface area (Å²) in [5.41, 5.74) is 7.82. The van der Waals surface area contributed by atoms with Gasteiger partial charge in [0.2, 0.25) is 0 Å². The second-order valence-corrected chi connectivity index (χ2v) is 8.56. The molecule has 102 valence electrons. The molecule has 5 aliphatic rings. The Morgan fingerprint density at radius 1 is 0.889 bits per heavy atom. The van der Waals surface area contributed by atoms with Gasteiger partial charge in [-0.05, 0) is 80.5 Å². The van der Waals surface area contributed by atoms with Crippen molar-refractivity contribution < 1.29 is 0 Å². The number of nitrogens with two attached hydrogens (primary N) is 1. The normalized spacial score (nSPS) is 59.0. The molecule has 1 nitrogen and oxygen atoms in total. The molecule has 0 saturated heterocycles. The van der Waals surface area contributed by atoms with Crippen molar-refractivity contribution in [2.75, 3.05) is 0 Å². The summed E-state index contributed by atoms with van der Waals surface area (Å²) in [7, 11) is 0. The van der Waals surface area contributed by atoms with Gasteiger partial charge in [0.15, 0.2) is 0 Å². The van der Waals surface area contributed by atoms with Gasteiger partial charge in [0.05, 0.1) is 0 Å². The molecular weight excluding hydrogens is 218 g/mol. The van der Waals surface area contributed by atoms with Crippen LogP contribution in [-0.4, -0.2) is 5.54 Å². The lowest BCUT2D eigenvalue weighted by atomic mass is 9.43. The van der Waals surface area contributed by atoms with Crippen LogP contribution in [0.25, 0.3) is 0 Å². The predicted molar refractivity (Wildman–Crippen MR) is 75.2 cm³/mol. The molecule has 2 atom stereocenters. The van der Waals surface area contributed by atoms with Crippen molar-refractivity contribution in [3.05, 3.63) is 0 Å². The molecule has 0 radical (unpaired) electrons. The van der Waals surface area contributed by atoms with Gasteiger partial charge in [0, 0.05) is 5.54 Å². The minimum absolute atomic E-state index is 0.209. The second kappa shape index (κ2) is 3.75. The van der Waals surface area contributed by atoms with E-state index in [9.17, 15) is 0 Å². The smallest absolute Gasteiger partial charge is 0.0214 e. The van der Waals surface area contributed by atoms with Crippen LogP contribution in [0.15, 0.2) is 0 Å². The highest BCUT2D eigenvalue weighted by atomic mass is 14.8. The molecule has 18 heavy (non-hydrogen) atoms. The average Bonchev–Trinajstić information content (AvgIpc) is 2.26. The zero-order chi connectivity index (χ0) is 12.4. The summed E-state index contributed by atoms with van der Waals surface area (Å²) in [6.45, 7) is 2.43. The van der Waals surface area contributed by atoms with Crippen LogP contribution in [-0.2, 0) is 0 Å². The zero-order valence-corrected chi connectivity index (χ0v) is 12.0. The van der Waals surface area contributed by atoms with Crippen LogP contribution in [0, 0.1) is 29.1 Å². The van der Waals surface area contributed by atoms with Crippen LogP contribution in [0.4, 0.5) is 0 Å². The van der Waals surface area contributed by atoms with E-state index in [0.29, 0.717) is 5.41 Å². The summed E-state index contributed by atoms with van der Waals surface area (Å²) in [6.07, 6.45) is 14.6. The second-order valence-electron chi connectivity index (χ2n) is 8.56. The molecule has 4 bridgehead atoms. The molecule has 0 aromatic carbocycles. The van der Waals surface area contributed by atoms with E-state index in [1.54, 1.807) is 19.3 Å². The Labute approximate surface area is 112 Å². The van der Waals surface area contributed by atoms with Crippen molar-refractivity contribution in [3.63, 3.8) is 0 Å². The van der Waals surface area contributed by atoms with E-state index in [4.69, 9.17) is 5.73 Å². The van der Waals surface area contributed by atoms with E-state index in [0.717, 1.165) is 23.7 Å². The first kappa shape index (κ1) is 11.8. The molecule has 0 aliphatic heterocycles. The van der Waals surface area contributed by atoms with Gasteiger partial charge in [-0.25, -0.2) is 0 Å². The molecule has 0 aromatic heterocycles. The third kappa shape index (κ3) is 1.55. The topological polar surface area (TPSA) is 26.0 Å². The standard InChI is InChI=1S/C17H29N/c1-12-3-2-4-17(18,8-12)16-9-13-5-14(10-16)7-15(6-13)11-16/h12-15H,2-11,18H2,1H3. The number of hydrogen-bond acceptors (Lipinski definition) is 1. The molecule has 0 amide bonds. The van der Waals surface area contributed by atoms with Gasteiger partial charge < -0.3 is 5.73 Å². The molecule has 0 spiro atoms. The van der Waals surface area contributed by atoms with Gasteiger partial charge in [-0.15, -0.1) is 0 Å². The Morgan fingerprint density at radius 3 is 1.94 bits per heavy atom. The van der Waals surface area contributed by atoms with E-state index in [2.05, 4.69) is 6.92 Å². The quantitative estimate of drug-likeness (QED) is 0.741. The highest BCUT2D eigenvalue weighted by molar-refractivity contribution is 5.13. The number of hydrogen-bond donors (Lipinski definition) is 1. The van der Waals surface area contributed by atoms with E-state index in [-0.39, 0.29) is 5.54 Å². The summed E-state index contributed by atoms with van der Waals surface area (Å²) in [6, 6.07) is 0. The fraction of sp³-hybridized carbons (Fsp3) is 1.00. The molecular formula is C17H29N. The first-order chi connectivity index (χ1) is 8.59. The highest BCUT2D eigenvalue weighted by Gasteiger charge is 2.59. The lowest BCUT2D eigenvalue weighted by Gasteiger charge is -2.64. The Morgan fingerprint density at radius 2 is 1.44 bits per heavy atom. The maximum atomic E-state index is 7.05. The van der Waals surface area contributed by atoms with Gasteiger partial charge >= 0.3 is 0 Å². The lowest BCUT2D eigenvalue weighted by molar-refractivity contribution is -0.111. The Balaban J connectivity index is 1.66. The Hall–Kier alpha value is -0.0400. The van der Waals surface area contributed by atoms with Crippen molar-refractivity contribution in [2.24, 2.45) is 34.8 Å². The third-order valence-corrected chi connectivity index (χ3v) is 7.13. The van der Waals surface area contributed by atoms with E-state index in [1.807, 2.05) is 0 Å². The molecule has 0 heterocycles. The third-order valence-electron chi connectivity index (χ3n) is 7.13. The summed E-state index contributed by atoms with van der Waals surface area (Å²) in [4.78, 5) is 0. The molecule has 5 saturated carbocycles. The molecule has 2 unspecified atom stereocenters. The first-order valence-electron chi connectivity index (χ1n) is 8.37.